The van der Waals surface area contributed by atoms with E-state index in [0.29, 0.717) is 5.69 Å². The van der Waals surface area contributed by atoms with Gasteiger partial charge in [-0.05, 0) is 0 Å². The Morgan fingerprint density at radius 1 is 1.27 bits per heavy atom. The highest BCUT2D eigenvalue weighted by molar-refractivity contribution is 5.86. The minimum Gasteiger partial charge on any atom is -0.396 e. The number of nitrogens with two attached hydrogens (primary N) is 1. The van der Waals surface area contributed by atoms with E-state index >= 15 is 0 Å². The van der Waals surface area contributed by atoms with Gasteiger partial charge in [-0.25, -0.2) is 4.98 Å². The molecule has 0 saturated carbocycles. The molecule has 0 aliphatic carbocycles. The summed E-state index contributed by atoms with van der Waals surface area (Å²) >= 11 is 0. The molecular weight excluding hydrogens is 188 g/mol. The third kappa shape index (κ3) is 1.46. The predicted molar refractivity (Wildman–Crippen MR) is 61.6 cm³/mol. The maximum atomic E-state index is 5.89. The molecule has 0 radical (unpaired) electrons. The first-order chi connectivity index (χ1) is 6.91. The minimum atomic E-state index is 0.0141. The van der Waals surface area contributed by atoms with Crippen LogP contribution in [0.2, 0.25) is 0 Å². The SMILES string of the molecule is Cn1c(C(C)(C)C)nc2cncc(N)c21. The Hall–Kier alpha value is -1.58. The van der Waals surface area contributed by atoms with Crippen LogP contribution in [0.5, 0.6) is 0 Å². The van der Waals surface area contributed by atoms with Gasteiger partial charge in [0, 0.05) is 12.5 Å². The fraction of sp³-hybridized carbons (Fsp3) is 0.455. The molecule has 0 atom stereocenters. The Balaban J connectivity index is 2.82. The third-order valence-corrected chi connectivity index (χ3v) is 2.48. The summed E-state index contributed by atoms with van der Waals surface area (Å²) in [7, 11) is 1.99. The highest BCUT2D eigenvalue weighted by Gasteiger charge is 2.21. The largest absolute Gasteiger partial charge is 0.396 e. The van der Waals surface area contributed by atoms with Gasteiger partial charge in [0.15, 0.2) is 0 Å². The Bertz CT molecular complexity index is 505. The van der Waals surface area contributed by atoms with Gasteiger partial charge in [0.05, 0.1) is 23.6 Å². The van der Waals surface area contributed by atoms with E-state index in [1.54, 1.807) is 12.4 Å². The first kappa shape index (κ1) is 9.96. The molecule has 0 fully saturated rings. The highest BCUT2D eigenvalue weighted by Crippen LogP contribution is 2.27. The number of aryl methyl sites for hydroxylation is 1. The molecule has 4 nitrogen and oxygen atoms in total. The van der Waals surface area contributed by atoms with Crippen molar-refractivity contribution in [2.24, 2.45) is 7.05 Å². The molecule has 2 heterocycles. The van der Waals surface area contributed by atoms with Crippen molar-refractivity contribution >= 4 is 16.7 Å². The van der Waals surface area contributed by atoms with Crippen LogP contribution in [0, 0.1) is 0 Å². The lowest BCUT2D eigenvalue weighted by atomic mass is 9.96. The van der Waals surface area contributed by atoms with Crippen LogP contribution in [0.25, 0.3) is 11.0 Å². The number of pyridine rings is 1. The van der Waals surface area contributed by atoms with Crippen molar-refractivity contribution in [3.05, 3.63) is 18.2 Å². The average Bonchev–Trinajstić information content (AvgIpc) is 2.44. The number of nitrogen functional groups attached to an aromatic ring is 1. The van der Waals surface area contributed by atoms with Gasteiger partial charge in [0.1, 0.15) is 11.3 Å². The average molecular weight is 204 g/mol. The topological polar surface area (TPSA) is 56.7 Å². The molecule has 0 aromatic carbocycles. The van der Waals surface area contributed by atoms with Crippen molar-refractivity contribution in [2.75, 3.05) is 5.73 Å². The zero-order chi connectivity index (χ0) is 11.2. The van der Waals surface area contributed by atoms with E-state index in [1.165, 1.54) is 0 Å². The van der Waals surface area contributed by atoms with Gasteiger partial charge in [-0.2, -0.15) is 0 Å². The molecule has 15 heavy (non-hydrogen) atoms. The van der Waals surface area contributed by atoms with Gasteiger partial charge < -0.3 is 10.3 Å². The summed E-state index contributed by atoms with van der Waals surface area (Å²) in [4.78, 5) is 8.61. The van der Waals surface area contributed by atoms with Crippen LogP contribution < -0.4 is 5.73 Å². The molecule has 2 aromatic heterocycles. The van der Waals surface area contributed by atoms with Crippen molar-refractivity contribution < 1.29 is 0 Å². The fourth-order valence-corrected chi connectivity index (χ4v) is 1.87. The number of hydrogen-bond acceptors (Lipinski definition) is 3. The zero-order valence-electron chi connectivity index (χ0n) is 9.57. The molecule has 0 aliphatic heterocycles. The zero-order valence-corrected chi connectivity index (χ0v) is 9.57. The normalized spacial score (nSPS) is 12.3. The molecule has 0 saturated heterocycles. The van der Waals surface area contributed by atoms with Crippen LogP contribution in [0.1, 0.15) is 26.6 Å². The van der Waals surface area contributed by atoms with E-state index in [1.807, 2.05) is 11.6 Å². The summed E-state index contributed by atoms with van der Waals surface area (Å²) in [5, 5.41) is 0. The Kier molecular flexibility index (Phi) is 1.96. The van der Waals surface area contributed by atoms with Crippen LogP contribution in [0.15, 0.2) is 12.4 Å². The van der Waals surface area contributed by atoms with Crippen molar-refractivity contribution in [2.45, 2.75) is 26.2 Å². The van der Waals surface area contributed by atoms with E-state index in [9.17, 15) is 0 Å². The molecule has 2 rings (SSSR count). The van der Waals surface area contributed by atoms with E-state index in [0.717, 1.165) is 16.9 Å². The summed E-state index contributed by atoms with van der Waals surface area (Å²) in [6.07, 6.45) is 3.41. The summed E-state index contributed by atoms with van der Waals surface area (Å²) in [5.41, 5.74) is 8.41. The first-order valence-corrected chi connectivity index (χ1v) is 4.97. The van der Waals surface area contributed by atoms with Gasteiger partial charge in [-0.3, -0.25) is 4.98 Å². The Morgan fingerprint density at radius 3 is 2.47 bits per heavy atom. The van der Waals surface area contributed by atoms with E-state index in [4.69, 9.17) is 5.73 Å². The second kappa shape index (κ2) is 2.95. The van der Waals surface area contributed by atoms with E-state index < -0.39 is 0 Å². The number of imidazole rings is 1. The summed E-state index contributed by atoms with van der Waals surface area (Å²) in [5.74, 6) is 1.03. The van der Waals surface area contributed by atoms with Crippen LogP contribution in [0.4, 0.5) is 5.69 Å². The highest BCUT2D eigenvalue weighted by atomic mass is 15.1. The summed E-state index contributed by atoms with van der Waals surface area (Å²) in [6, 6.07) is 0. The van der Waals surface area contributed by atoms with Gasteiger partial charge >= 0.3 is 0 Å². The maximum absolute atomic E-state index is 5.89. The lowest BCUT2D eigenvalue weighted by Crippen LogP contribution is -2.17. The molecule has 0 amide bonds. The smallest absolute Gasteiger partial charge is 0.115 e. The number of fused-ring (bicyclic) bond motifs is 1. The van der Waals surface area contributed by atoms with Crippen molar-refractivity contribution in [1.29, 1.82) is 0 Å². The first-order valence-electron chi connectivity index (χ1n) is 4.97. The second-order valence-corrected chi connectivity index (χ2v) is 4.84. The molecule has 2 N–H and O–H groups in total. The van der Waals surface area contributed by atoms with Gasteiger partial charge in [-0.1, -0.05) is 20.8 Å². The van der Waals surface area contributed by atoms with Crippen molar-refractivity contribution in [3.63, 3.8) is 0 Å². The number of hydrogen-bond donors (Lipinski definition) is 1. The molecule has 0 spiro atoms. The number of rotatable bonds is 0. The third-order valence-electron chi connectivity index (χ3n) is 2.48. The summed E-state index contributed by atoms with van der Waals surface area (Å²) in [6.45, 7) is 6.41. The second-order valence-electron chi connectivity index (χ2n) is 4.84. The lowest BCUT2D eigenvalue weighted by molar-refractivity contribution is 0.527. The van der Waals surface area contributed by atoms with Gasteiger partial charge in [0.2, 0.25) is 0 Å². The number of anilines is 1. The van der Waals surface area contributed by atoms with Gasteiger partial charge in [0.25, 0.3) is 0 Å². The molecule has 2 aromatic rings. The molecule has 0 aliphatic rings. The quantitative estimate of drug-likeness (QED) is 0.712. The Labute approximate surface area is 89.1 Å². The Morgan fingerprint density at radius 2 is 1.93 bits per heavy atom. The van der Waals surface area contributed by atoms with Crippen LogP contribution >= 0.6 is 0 Å². The molecule has 0 bridgehead atoms. The van der Waals surface area contributed by atoms with E-state index in [-0.39, 0.29) is 5.41 Å². The van der Waals surface area contributed by atoms with Crippen LogP contribution in [-0.2, 0) is 12.5 Å². The molecular formula is C11H16N4. The van der Waals surface area contributed by atoms with E-state index in [2.05, 4.69) is 30.7 Å². The number of aromatic nitrogens is 3. The predicted octanol–water partition coefficient (Wildman–Crippen LogP) is 1.85. The standard InChI is InChI=1S/C11H16N4/c1-11(2,3)10-14-8-6-13-5-7(12)9(8)15(10)4/h5-6H,12H2,1-4H3. The fourth-order valence-electron chi connectivity index (χ4n) is 1.87. The van der Waals surface area contributed by atoms with Crippen LogP contribution in [0.3, 0.4) is 0 Å². The minimum absolute atomic E-state index is 0.0141. The molecule has 0 unspecified atom stereocenters. The molecule has 80 valence electrons. The van der Waals surface area contributed by atoms with Crippen molar-refractivity contribution in [3.8, 4) is 0 Å². The lowest BCUT2D eigenvalue weighted by Gasteiger charge is -2.17. The molecule has 4 heteroatoms. The summed E-state index contributed by atoms with van der Waals surface area (Å²) < 4.78 is 2.05. The van der Waals surface area contributed by atoms with Gasteiger partial charge in [-0.15, -0.1) is 0 Å². The van der Waals surface area contributed by atoms with Crippen molar-refractivity contribution in [1.82, 2.24) is 14.5 Å². The number of nitrogens with zero attached hydrogens (tertiary/aromatic N) is 3. The maximum Gasteiger partial charge on any atom is 0.115 e. The monoisotopic (exact) mass is 204 g/mol. The van der Waals surface area contributed by atoms with Crippen LogP contribution in [-0.4, -0.2) is 14.5 Å².